The zero-order valence-electron chi connectivity index (χ0n) is 13.8. The summed E-state index contributed by atoms with van der Waals surface area (Å²) in [6.45, 7) is 0.243. The standard InChI is InChI=1S/C19H20N2O3.ClH/c20-14-5-6-15-13(10-14)2-1-3-16(15)21-19(22)9-12-4-7-17-18(8-12)24-11-23-17;/h4-8,10,16H,1-3,9,11,20H2,(H,21,22);1H. The highest BCUT2D eigenvalue weighted by atomic mass is 35.5. The number of anilines is 1. The third-order valence-corrected chi connectivity index (χ3v) is 4.62. The number of amides is 1. The number of carbonyl (C=O) groups excluding carboxylic acids is 1. The van der Waals surface area contributed by atoms with Gasteiger partial charge in [-0.1, -0.05) is 12.1 Å². The van der Waals surface area contributed by atoms with Crippen LogP contribution in [-0.4, -0.2) is 12.7 Å². The maximum Gasteiger partial charge on any atom is 0.231 e. The van der Waals surface area contributed by atoms with E-state index in [2.05, 4.69) is 5.32 Å². The van der Waals surface area contributed by atoms with Crippen molar-refractivity contribution in [2.75, 3.05) is 12.5 Å². The second-order valence-corrected chi connectivity index (χ2v) is 6.33. The normalized spacial score (nSPS) is 17.4. The molecule has 25 heavy (non-hydrogen) atoms. The zero-order chi connectivity index (χ0) is 16.5. The molecule has 2 aromatic carbocycles. The van der Waals surface area contributed by atoms with Crippen LogP contribution in [-0.2, 0) is 17.6 Å². The lowest BCUT2D eigenvalue weighted by Gasteiger charge is -2.26. The van der Waals surface area contributed by atoms with Crippen LogP contribution in [0.2, 0.25) is 0 Å². The Morgan fingerprint density at radius 2 is 2.00 bits per heavy atom. The fourth-order valence-electron chi connectivity index (χ4n) is 3.47. The maximum atomic E-state index is 12.4. The van der Waals surface area contributed by atoms with Crippen molar-refractivity contribution in [2.45, 2.75) is 31.7 Å². The zero-order valence-corrected chi connectivity index (χ0v) is 14.6. The van der Waals surface area contributed by atoms with Crippen molar-refractivity contribution >= 4 is 24.0 Å². The molecule has 0 bridgehead atoms. The molecule has 1 aliphatic carbocycles. The number of ether oxygens (including phenoxy) is 2. The van der Waals surface area contributed by atoms with Gasteiger partial charge >= 0.3 is 0 Å². The molecule has 0 fully saturated rings. The van der Waals surface area contributed by atoms with E-state index in [9.17, 15) is 4.79 Å². The smallest absolute Gasteiger partial charge is 0.231 e. The number of carbonyl (C=O) groups is 1. The maximum absolute atomic E-state index is 12.4. The van der Waals surface area contributed by atoms with Gasteiger partial charge in [0.15, 0.2) is 11.5 Å². The molecule has 1 aliphatic heterocycles. The second kappa shape index (κ2) is 7.23. The third-order valence-electron chi connectivity index (χ3n) is 4.62. The van der Waals surface area contributed by atoms with Crippen LogP contribution >= 0.6 is 12.4 Å². The average Bonchev–Trinajstić information content (AvgIpc) is 3.02. The topological polar surface area (TPSA) is 73.6 Å². The SMILES string of the molecule is Cl.Nc1ccc2c(c1)CCCC2NC(=O)Cc1ccc2c(c1)OCO2. The summed E-state index contributed by atoms with van der Waals surface area (Å²) in [4.78, 5) is 12.4. The predicted octanol–water partition coefficient (Wildman–Crippen LogP) is 3.16. The molecule has 3 N–H and O–H groups in total. The van der Waals surface area contributed by atoms with E-state index in [1.807, 2.05) is 36.4 Å². The summed E-state index contributed by atoms with van der Waals surface area (Å²) < 4.78 is 10.7. The van der Waals surface area contributed by atoms with Gasteiger partial charge in [0.2, 0.25) is 12.7 Å². The number of aryl methyl sites for hydroxylation is 1. The molecule has 4 rings (SSSR count). The van der Waals surface area contributed by atoms with Crippen molar-refractivity contribution in [3.05, 3.63) is 53.1 Å². The van der Waals surface area contributed by atoms with Crippen molar-refractivity contribution in [3.8, 4) is 11.5 Å². The Balaban J connectivity index is 0.00000182. The fraction of sp³-hybridized carbons (Fsp3) is 0.316. The number of rotatable bonds is 3. The van der Waals surface area contributed by atoms with Crippen LogP contribution in [0.3, 0.4) is 0 Å². The predicted molar refractivity (Wildman–Crippen MR) is 98.2 cm³/mol. The molecule has 132 valence electrons. The van der Waals surface area contributed by atoms with Crippen LogP contribution in [0, 0.1) is 0 Å². The summed E-state index contributed by atoms with van der Waals surface area (Å²) in [7, 11) is 0. The van der Waals surface area contributed by atoms with E-state index in [-0.39, 0.29) is 31.1 Å². The number of hydrogen-bond donors (Lipinski definition) is 2. The Kier molecular flexibility index (Phi) is 5.04. The minimum atomic E-state index is 0. The number of hydrogen-bond acceptors (Lipinski definition) is 4. The first kappa shape index (κ1) is 17.4. The van der Waals surface area contributed by atoms with Crippen molar-refractivity contribution in [3.63, 3.8) is 0 Å². The van der Waals surface area contributed by atoms with Gasteiger partial charge in [0.25, 0.3) is 0 Å². The summed E-state index contributed by atoms with van der Waals surface area (Å²) in [5.41, 5.74) is 10.0. The first-order chi connectivity index (χ1) is 11.7. The minimum absolute atomic E-state index is 0. The molecular formula is C19H21ClN2O3. The molecular weight excluding hydrogens is 340 g/mol. The molecule has 2 aliphatic rings. The Morgan fingerprint density at radius 1 is 1.16 bits per heavy atom. The van der Waals surface area contributed by atoms with E-state index < -0.39 is 0 Å². The van der Waals surface area contributed by atoms with Crippen molar-refractivity contribution in [2.24, 2.45) is 0 Å². The average molecular weight is 361 g/mol. The molecule has 2 aromatic rings. The van der Waals surface area contributed by atoms with E-state index in [4.69, 9.17) is 15.2 Å². The lowest BCUT2D eigenvalue weighted by molar-refractivity contribution is -0.121. The lowest BCUT2D eigenvalue weighted by atomic mass is 9.87. The minimum Gasteiger partial charge on any atom is -0.454 e. The number of halogens is 1. The lowest BCUT2D eigenvalue weighted by Crippen LogP contribution is -2.32. The van der Waals surface area contributed by atoms with Gasteiger partial charge in [0.1, 0.15) is 0 Å². The first-order valence-corrected chi connectivity index (χ1v) is 8.25. The Bertz CT molecular complexity index is 794. The van der Waals surface area contributed by atoms with E-state index in [1.54, 1.807) is 0 Å². The number of nitrogen functional groups attached to an aromatic ring is 1. The quantitative estimate of drug-likeness (QED) is 0.824. The van der Waals surface area contributed by atoms with Gasteiger partial charge in [-0.2, -0.15) is 0 Å². The molecule has 1 heterocycles. The van der Waals surface area contributed by atoms with Gasteiger partial charge in [-0.25, -0.2) is 0 Å². The van der Waals surface area contributed by atoms with E-state index in [1.165, 1.54) is 11.1 Å². The number of benzene rings is 2. The van der Waals surface area contributed by atoms with E-state index in [0.29, 0.717) is 12.2 Å². The molecule has 5 nitrogen and oxygen atoms in total. The van der Waals surface area contributed by atoms with Crippen LogP contribution in [0.5, 0.6) is 11.5 Å². The van der Waals surface area contributed by atoms with Gasteiger partial charge in [-0.3, -0.25) is 4.79 Å². The van der Waals surface area contributed by atoms with Gasteiger partial charge < -0.3 is 20.5 Å². The van der Waals surface area contributed by atoms with Gasteiger partial charge in [-0.05, 0) is 60.2 Å². The van der Waals surface area contributed by atoms with Crippen molar-refractivity contribution in [1.29, 1.82) is 0 Å². The largest absolute Gasteiger partial charge is 0.454 e. The number of fused-ring (bicyclic) bond motifs is 2. The molecule has 0 spiro atoms. The summed E-state index contributed by atoms with van der Waals surface area (Å²) >= 11 is 0. The summed E-state index contributed by atoms with van der Waals surface area (Å²) in [6, 6.07) is 11.7. The highest BCUT2D eigenvalue weighted by Gasteiger charge is 2.22. The molecule has 1 atom stereocenters. The summed E-state index contributed by atoms with van der Waals surface area (Å²) in [5, 5.41) is 3.16. The highest BCUT2D eigenvalue weighted by Crippen LogP contribution is 2.33. The van der Waals surface area contributed by atoms with Crippen molar-refractivity contribution in [1.82, 2.24) is 5.32 Å². The van der Waals surface area contributed by atoms with Crippen molar-refractivity contribution < 1.29 is 14.3 Å². The molecule has 6 heteroatoms. The van der Waals surface area contributed by atoms with Crippen LogP contribution in [0.25, 0.3) is 0 Å². The molecule has 1 unspecified atom stereocenters. The fourth-order valence-corrected chi connectivity index (χ4v) is 3.47. The highest BCUT2D eigenvalue weighted by molar-refractivity contribution is 5.85. The van der Waals surface area contributed by atoms with Crippen LogP contribution in [0.4, 0.5) is 5.69 Å². The molecule has 0 radical (unpaired) electrons. The van der Waals surface area contributed by atoms with Gasteiger partial charge in [0.05, 0.1) is 12.5 Å². The molecule has 1 amide bonds. The van der Waals surface area contributed by atoms with Crippen LogP contribution < -0.4 is 20.5 Å². The van der Waals surface area contributed by atoms with Crippen LogP contribution in [0.1, 0.15) is 35.6 Å². The molecule has 0 aromatic heterocycles. The Labute approximate surface area is 152 Å². The van der Waals surface area contributed by atoms with Crippen LogP contribution in [0.15, 0.2) is 36.4 Å². The Morgan fingerprint density at radius 3 is 2.88 bits per heavy atom. The summed E-state index contributed by atoms with van der Waals surface area (Å²) in [6.07, 6.45) is 3.38. The number of nitrogens with two attached hydrogens (primary N) is 1. The van der Waals surface area contributed by atoms with E-state index in [0.717, 1.165) is 36.3 Å². The summed E-state index contributed by atoms with van der Waals surface area (Å²) in [5.74, 6) is 1.46. The monoisotopic (exact) mass is 360 g/mol. The number of nitrogens with one attached hydrogen (secondary N) is 1. The second-order valence-electron chi connectivity index (χ2n) is 6.33. The van der Waals surface area contributed by atoms with Gasteiger partial charge in [-0.15, -0.1) is 12.4 Å². The van der Waals surface area contributed by atoms with E-state index >= 15 is 0 Å². The van der Waals surface area contributed by atoms with Gasteiger partial charge in [0, 0.05) is 5.69 Å². The Hall–Kier alpha value is -2.40. The third kappa shape index (κ3) is 3.66. The molecule has 0 saturated heterocycles. The first-order valence-electron chi connectivity index (χ1n) is 8.25. The molecule has 0 saturated carbocycles.